The number of aliphatic hydroxyl groups is 2. The van der Waals surface area contributed by atoms with E-state index in [-0.39, 0.29) is 29.1 Å². The smallest absolute Gasteiger partial charge is 0.308 e. The molecule has 0 aromatic carbocycles. The van der Waals surface area contributed by atoms with E-state index in [1.54, 1.807) is 0 Å². The predicted octanol–water partition coefficient (Wildman–Crippen LogP) is 5.91. The van der Waals surface area contributed by atoms with E-state index in [9.17, 15) is 34.2 Å². The molecule has 0 aliphatic heterocycles. The van der Waals surface area contributed by atoms with Crippen LogP contribution in [0.1, 0.15) is 96.8 Å². The van der Waals surface area contributed by atoms with Crippen LogP contribution in [0.3, 0.4) is 0 Å². The van der Waals surface area contributed by atoms with E-state index in [1.807, 2.05) is 0 Å². The van der Waals surface area contributed by atoms with Crippen LogP contribution in [0.2, 0.25) is 0 Å². The van der Waals surface area contributed by atoms with Crippen molar-refractivity contribution in [2.45, 2.75) is 96.8 Å². The van der Waals surface area contributed by atoms with Crippen LogP contribution in [0.5, 0.6) is 0 Å². The lowest BCUT2D eigenvalue weighted by atomic mass is 9.94. The highest BCUT2D eigenvalue weighted by molar-refractivity contribution is 6.21. The molecule has 0 radical (unpaired) electrons. The van der Waals surface area contributed by atoms with Crippen LogP contribution >= 0.6 is 0 Å². The summed E-state index contributed by atoms with van der Waals surface area (Å²) in [5, 5.41) is 19.8. The molecule has 2 N–H and O–H groups in total. The van der Waals surface area contributed by atoms with Gasteiger partial charge < -0.3 is 19.7 Å². The first kappa shape index (κ1) is 32.5. The van der Waals surface area contributed by atoms with Crippen molar-refractivity contribution in [3.8, 4) is 0 Å². The van der Waals surface area contributed by atoms with Crippen LogP contribution < -0.4 is 0 Å². The van der Waals surface area contributed by atoms with Gasteiger partial charge in [-0.2, -0.15) is 0 Å². The number of hydrogen-bond acceptors (Lipinski definition) is 9. The van der Waals surface area contributed by atoms with Crippen LogP contribution in [-0.2, 0) is 33.4 Å². The Hall–Kier alpha value is -3.75. The molecule has 9 heteroatoms. The molecule has 0 spiro atoms. The average Bonchev–Trinajstić information content (AvgIpc) is 2.92. The first-order chi connectivity index (χ1) is 19.2. The largest absolute Gasteiger partial charge is 0.504 e. The minimum Gasteiger partial charge on any atom is -0.504 e. The molecule has 0 bridgehead atoms. The molecule has 9 nitrogen and oxygen atoms in total. The van der Waals surface area contributed by atoms with Gasteiger partial charge in [0.15, 0.2) is 23.0 Å². The van der Waals surface area contributed by atoms with Crippen LogP contribution in [0, 0.1) is 0 Å². The van der Waals surface area contributed by atoms with Crippen molar-refractivity contribution in [3.63, 3.8) is 0 Å². The quantitative estimate of drug-likeness (QED) is 0.0911. The summed E-state index contributed by atoms with van der Waals surface area (Å²) >= 11 is 0. The number of hydrogen-bond donors (Lipinski definition) is 2. The van der Waals surface area contributed by atoms with E-state index in [0.29, 0.717) is 12.8 Å². The summed E-state index contributed by atoms with van der Waals surface area (Å²) in [4.78, 5) is 59.2. The topological polar surface area (TPSA) is 144 Å². The number of ketones is 4. The maximum atomic E-state index is 12.3. The monoisotopic (exact) mass is 556 g/mol. The zero-order valence-corrected chi connectivity index (χ0v) is 23.5. The molecule has 0 heterocycles. The first-order valence-corrected chi connectivity index (χ1v) is 14.0. The van der Waals surface area contributed by atoms with E-state index in [1.165, 1.54) is 7.11 Å². The van der Waals surface area contributed by atoms with Gasteiger partial charge in [0, 0.05) is 30.2 Å². The molecule has 0 aromatic heterocycles. The van der Waals surface area contributed by atoms with E-state index >= 15 is 0 Å². The molecule has 0 aromatic rings. The second-order valence-electron chi connectivity index (χ2n) is 9.94. The number of ether oxygens (including phenoxy) is 2. The molecule has 0 amide bonds. The Bertz CT molecular complexity index is 1130. The summed E-state index contributed by atoms with van der Waals surface area (Å²) in [6.45, 7) is 1.15. The summed E-state index contributed by atoms with van der Waals surface area (Å²) in [7, 11) is 1.33. The molecular weight excluding hydrogens is 516 g/mol. The van der Waals surface area contributed by atoms with Gasteiger partial charge in [-0.15, -0.1) is 0 Å². The van der Waals surface area contributed by atoms with E-state index in [4.69, 9.17) is 9.47 Å². The van der Waals surface area contributed by atoms with Gasteiger partial charge in [0.05, 0.1) is 7.11 Å². The maximum absolute atomic E-state index is 12.3. The fourth-order valence-electron chi connectivity index (χ4n) is 4.59. The van der Waals surface area contributed by atoms with Crippen molar-refractivity contribution < 1.29 is 43.7 Å². The van der Waals surface area contributed by atoms with E-state index in [2.05, 4.69) is 12.2 Å². The molecule has 40 heavy (non-hydrogen) atoms. The second kappa shape index (κ2) is 17.0. The van der Waals surface area contributed by atoms with Crippen molar-refractivity contribution in [3.05, 3.63) is 58.5 Å². The predicted molar refractivity (Wildman–Crippen MR) is 148 cm³/mol. The zero-order chi connectivity index (χ0) is 29.5. The Labute approximate surface area is 235 Å². The Balaban J connectivity index is 1.48. The molecule has 2 aliphatic rings. The Morgan fingerprint density at radius 3 is 1.52 bits per heavy atom. The van der Waals surface area contributed by atoms with Crippen molar-refractivity contribution >= 4 is 29.1 Å². The van der Waals surface area contributed by atoms with Crippen LogP contribution in [0.15, 0.2) is 58.5 Å². The number of Topliss-reactive ketones (excluding diaryl/α,β-unsaturated/α-hetero) is 2. The number of aliphatic hydroxyl groups excluding tert-OH is 2. The summed E-state index contributed by atoms with van der Waals surface area (Å²) in [6.07, 6.45) is 18.3. The molecule has 0 fully saturated rings. The lowest BCUT2D eigenvalue weighted by Crippen LogP contribution is -2.22. The normalized spacial score (nSPS) is 16.1. The van der Waals surface area contributed by atoms with Gasteiger partial charge in [-0.1, -0.05) is 50.7 Å². The van der Waals surface area contributed by atoms with Gasteiger partial charge in [-0.05, 0) is 51.4 Å². The van der Waals surface area contributed by atoms with Crippen molar-refractivity contribution in [1.29, 1.82) is 0 Å². The summed E-state index contributed by atoms with van der Waals surface area (Å²) in [5.74, 6) is -4.39. The Morgan fingerprint density at radius 2 is 1.07 bits per heavy atom. The fourth-order valence-corrected chi connectivity index (χ4v) is 4.59. The SMILES string of the molecule is COC1=CC(=O)C(O)=C(CCCCCCCC=CCCCCCCCC2=C(O)C(=O)C=C(OC(C)=O)C2=O)C1=O. The summed E-state index contributed by atoms with van der Waals surface area (Å²) in [6, 6.07) is 0. The summed E-state index contributed by atoms with van der Waals surface area (Å²) < 4.78 is 9.70. The number of allylic oxidation sites excluding steroid dienone is 6. The highest BCUT2D eigenvalue weighted by Crippen LogP contribution is 2.25. The number of rotatable bonds is 18. The highest BCUT2D eigenvalue weighted by atomic mass is 16.5. The number of carbonyl (C=O) groups excluding carboxylic acids is 5. The van der Waals surface area contributed by atoms with Gasteiger partial charge in [0.1, 0.15) is 0 Å². The summed E-state index contributed by atoms with van der Waals surface area (Å²) in [5.41, 5.74) is 0.157. The number of esters is 1. The molecule has 0 unspecified atom stereocenters. The van der Waals surface area contributed by atoms with Gasteiger partial charge in [0.2, 0.25) is 23.1 Å². The third-order valence-corrected chi connectivity index (χ3v) is 6.79. The lowest BCUT2D eigenvalue weighted by molar-refractivity contribution is -0.140. The molecular formula is C31H40O9. The lowest BCUT2D eigenvalue weighted by Gasteiger charge is -2.15. The van der Waals surface area contributed by atoms with Crippen molar-refractivity contribution in [2.75, 3.05) is 7.11 Å². The second-order valence-corrected chi connectivity index (χ2v) is 9.94. The third-order valence-electron chi connectivity index (χ3n) is 6.79. The molecule has 0 saturated carbocycles. The standard InChI is InChI=1S/C31H40O9/c1-21(32)40-27-20-25(34)29(36)23(31(27)38)18-16-14-12-10-8-6-4-3-5-7-9-11-13-15-17-22-28(35)24(33)19-26(39-2)30(22)37/h3-4,19-20,35-36H,5-18H2,1-2H3. The van der Waals surface area contributed by atoms with Gasteiger partial charge in [-0.3, -0.25) is 24.0 Å². The first-order valence-electron chi connectivity index (χ1n) is 14.0. The number of methoxy groups -OCH3 is 1. The molecule has 0 atom stereocenters. The highest BCUT2D eigenvalue weighted by Gasteiger charge is 2.30. The van der Waals surface area contributed by atoms with Crippen LogP contribution in [0.25, 0.3) is 0 Å². The zero-order valence-electron chi connectivity index (χ0n) is 23.5. The molecule has 2 rings (SSSR count). The van der Waals surface area contributed by atoms with E-state index < -0.39 is 40.6 Å². The minimum atomic E-state index is -0.720. The van der Waals surface area contributed by atoms with Crippen molar-refractivity contribution in [1.82, 2.24) is 0 Å². The fraction of sp³-hybridized carbons (Fsp3) is 0.516. The third kappa shape index (κ3) is 10.1. The Kier molecular flexibility index (Phi) is 13.8. The van der Waals surface area contributed by atoms with Crippen LogP contribution in [0.4, 0.5) is 0 Å². The van der Waals surface area contributed by atoms with Crippen molar-refractivity contribution in [2.24, 2.45) is 0 Å². The van der Waals surface area contributed by atoms with Gasteiger partial charge in [0.25, 0.3) is 0 Å². The molecule has 218 valence electrons. The number of carbonyl (C=O) groups is 5. The maximum Gasteiger partial charge on any atom is 0.308 e. The molecule has 2 aliphatic carbocycles. The minimum absolute atomic E-state index is 0.0114. The van der Waals surface area contributed by atoms with Gasteiger partial charge >= 0.3 is 5.97 Å². The van der Waals surface area contributed by atoms with Crippen LogP contribution in [-0.4, -0.2) is 46.4 Å². The van der Waals surface area contributed by atoms with Gasteiger partial charge in [-0.25, -0.2) is 0 Å². The average molecular weight is 557 g/mol. The molecule has 0 saturated heterocycles. The van der Waals surface area contributed by atoms with E-state index in [0.717, 1.165) is 89.7 Å². The number of unbranched alkanes of at least 4 members (excludes halogenated alkanes) is 10. The Morgan fingerprint density at radius 1 is 0.675 bits per heavy atom.